The summed E-state index contributed by atoms with van der Waals surface area (Å²) in [5, 5.41) is 26.3. The summed E-state index contributed by atoms with van der Waals surface area (Å²) < 4.78 is 0. The summed E-state index contributed by atoms with van der Waals surface area (Å²) in [5.41, 5.74) is 0.0806. The van der Waals surface area contributed by atoms with Gasteiger partial charge in [-0.1, -0.05) is 6.92 Å². The minimum absolute atomic E-state index is 0.0806. The number of aliphatic hydroxyl groups excluding tert-OH is 1. The van der Waals surface area contributed by atoms with E-state index < -0.39 is 18.0 Å². The maximum absolute atomic E-state index is 12.4. The van der Waals surface area contributed by atoms with Crippen LogP contribution in [0.2, 0.25) is 0 Å². The van der Waals surface area contributed by atoms with Crippen molar-refractivity contribution in [3.05, 3.63) is 10.6 Å². The lowest BCUT2D eigenvalue weighted by atomic mass is 9.79. The summed E-state index contributed by atoms with van der Waals surface area (Å²) in [6, 6.07) is 0.0620. The second-order valence-electron chi connectivity index (χ2n) is 7.97. The predicted octanol–water partition coefficient (Wildman–Crippen LogP) is -0.118. The smallest absolute Gasteiger partial charge is 0.353 e. The Hall–Kier alpha value is -1.58. The normalized spacial score (nSPS) is 39.4. The van der Waals surface area contributed by atoms with E-state index in [2.05, 4.69) is 10.6 Å². The summed E-state index contributed by atoms with van der Waals surface area (Å²) >= 11 is 1.53. The SMILES string of the molecule is C[C@@H](O)[C@H]1C(=O)N2C(C(=O)O)=C(S[C@@H]3CN[C@H](C4CCC(=O)N4)C3)[C@H](C)[C@H]12. The Morgan fingerprint density at radius 3 is 2.67 bits per heavy atom. The van der Waals surface area contributed by atoms with Gasteiger partial charge in [0.25, 0.3) is 0 Å². The van der Waals surface area contributed by atoms with Crippen LogP contribution in [0.3, 0.4) is 0 Å². The highest BCUT2D eigenvalue weighted by atomic mass is 32.2. The van der Waals surface area contributed by atoms with Crippen LogP contribution in [-0.2, 0) is 14.4 Å². The quantitative estimate of drug-likeness (QED) is 0.479. The zero-order valence-corrected chi connectivity index (χ0v) is 16.2. The number of fused-ring (bicyclic) bond motifs is 1. The van der Waals surface area contributed by atoms with Gasteiger partial charge in [-0.05, 0) is 19.8 Å². The van der Waals surface area contributed by atoms with Gasteiger partial charge in [-0.15, -0.1) is 11.8 Å². The van der Waals surface area contributed by atoms with Crippen LogP contribution in [0.25, 0.3) is 0 Å². The van der Waals surface area contributed by atoms with Gasteiger partial charge in [0.05, 0.1) is 18.1 Å². The monoisotopic (exact) mass is 395 g/mol. The summed E-state index contributed by atoms with van der Waals surface area (Å²) in [6.45, 7) is 4.26. The van der Waals surface area contributed by atoms with Gasteiger partial charge in [-0.25, -0.2) is 4.79 Å². The van der Waals surface area contributed by atoms with Gasteiger partial charge in [-0.2, -0.15) is 0 Å². The molecule has 4 heterocycles. The van der Waals surface area contributed by atoms with Gasteiger partial charge in [-0.3, -0.25) is 9.59 Å². The second-order valence-corrected chi connectivity index (χ2v) is 9.32. The Kier molecular flexibility index (Phi) is 4.72. The fraction of sp³-hybridized carbons (Fsp3) is 0.722. The number of carbonyl (C=O) groups is 3. The first-order valence-corrected chi connectivity index (χ1v) is 10.4. The first kappa shape index (κ1) is 18.8. The maximum Gasteiger partial charge on any atom is 0.353 e. The highest BCUT2D eigenvalue weighted by molar-refractivity contribution is 8.03. The number of thioether (sulfide) groups is 1. The number of β-lactam (4-membered cyclic amide) rings is 1. The van der Waals surface area contributed by atoms with E-state index in [1.165, 1.54) is 16.7 Å². The Morgan fingerprint density at radius 1 is 1.33 bits per heavy atom. The van der Waals surface area contributed by atoms with E-state index in [4.69, 9.17) is 0 Å². The molecular formula is C18H25N3O5S. The molecule has 148 valence electrons. The zero-order chi connectivity index (χ0) is 19.5. The van der Waals surface area contributed by atoms with Crippen LogP contribution < -0.4 is 10.6 Å². The van der Waals surface area contributed by atoms with Gasteiger partial charge in [0.1, 0.15) is 5.70 Å². The molecule has 3 saturated heterocycles. The molecule has 0 aromatic heterocycles. The first-order valence-electron chi connectivity index (χ1n) is 9.47. The van der Waals surface area contributed by atoms with Crippen LogP contribution in [0.4, 0.5) is 0 Å². The lowest BCUT2D eigenvalue weighted by molar-refractivity contribution is -0.163. The van der Waals surface area contributed by atoms with E-state index in [0.29, 0.717) is 6.42 Å². The fourth-order valence-electron chi connectivity index (χ4n) is 4.93. The molecule has 4 aliphatic rings. The van der Waals surface area contributed by atoms with Gasteiger partial charge in [0, 0.05) is 41.1 Å². The molecule has 0 radical (unpaired) electrons. The van der Waals surface area contributed by atoms with Crippen molar-refractivity contribution in [2.24, 2.45) is 11.8 Å². The molecule has 3 fully saturated rings. The number of nitrogens with zero attached hydrogens (tertiary/aromatic N) is 1. The van der Waals surface area contributed by atoms with Gasteiger partial charge >= 0.3 is 5.97 Å². The number of nitrogens with one attached hydrogen (secondary N) is 2. The van der Waals surface area contributed by atoms with E-state index in [0.717, 1.165) is 24.3 Å². The van der Waals surface area contributed by atoms with E-state index >= 15 is 0 Å². The molecule has 0 aromatic rings. The molecule has 1 unspecified atom stereocenters. The zero-order valence-electron chi connectivity index (χ0n) is 15.3. The molecule has 0 spiro atoms. The summed E-state index contributed by atoms with van der Waals surface area (Å²) in [6.07, 6.45) is 1.44. The predicted molar refractivity (Wildman–Crippen MR) is 98.6 cm³/mol. The third-order valence-electron chi connectivity index (χ3n) is 6.24. The molecule has 2 amide bonds. The molecule has 8 nitrogen and oxygen atoms in total. The molecule has 7 atom stereocenters. The molecule has 0 aromatic carbocycles. The number of aliphatic hydroxyl groups is 1. The van der Waals surface area contributed by atoms with Gasteiger partial charge in [0.2, 0.25) is 11.8 Å². The second kappa shape index (κ2) is 6.79. The van der Waals surface area contributed by atoms with Gasteiger partial charge < -0.3 is 25.7 Å². The van der Waals surface area contributed by atoms with Crippen molar-refractivity contribution in [1.82, 2.24) is 15.5 Å². The molecule has 0 saturated carbocycles. The van der Waals surface area contributed by atoms with Crippen LogP contribution in [0.5, 0.6) is 0 Å². The number of hydrogen-bond donors (Lipinski definition) is 4. The van der Waals surface area contributed by atoms with Crippen molar-refractivity contribution < 1.29 is 24.6 Å². The molecule has 9 heteroatoms. The average Bonchev–Trinajstić information content (AvgIpc) is 3.27. The number of aliphatic carboxylic acids is 1. The van der Waals surface area contributed by atoms with E-state index in [9.17, 15) is 24.6 Å². The highest BCUT2D eigenvalue weighted by Crippen LogP contribution is 2.51. The Balaban J connectivity index is 1.49. The number of rotatable bonds is 5. The van der Waals surface area contributed by atoms with Crippen molar-refractivity contribution in [3.8, 4) is 0 Å². The summed E-state index contributed by atoms with van der Waals surface area (Å²) in [4.78, 5) is 37.8. The average molecular weight is 395 g/mol. The van der Waals surface area contributed by atoms with Crippen molar-refractivity contribution in [2.45, 2.75) is 62.6 Å². The topological polar surface area (TPSA) is 119 Å². The van der Waals surface area contributed by atoms with Crippen LogP contribution in [-0.4, -0.2) is 68.9 Å². The Morgan fingerprint density at radius 2 is 2.07 bits per heavy atom. The van der Waals surface area contributed by atoms with E-state index in [1.807, 2.05) is 6.92 Å². The number of carbonyl (C=O) groups excluding carboxylic acids is 2. The van der Waals surface area contributed by atoms with Crippen molar-refractivity contribution in [2.75, 3.05) is 6.54 Å². The molecule has 27 heavy (non-hydrogen) atoms. The third-order valence-corrected chi connectivity index (χ3v) is 7.76. The van der Waals surface area contributed by atoms with Crippen LogP contribution >= 0.6 is 11.8 Å². The molecule has 4 N–H and O–H groups in total. The van der Waals surface area contributed by atoms with Crippen LogP contribution in [0.1, 0.15) is 33.1 Å². The highest BCUT2D eigenvalue weighted by Gasteiger charge is 2.60. The number of carboxylic acids is 1. The van der Waals surface area contributed by atoms with Crippen molar-refractivity contribution in [1.29, 1.82) is 0 Å². The molecule has 0 aliphatic carbocycles. The Labute approximate surface area is 161 Å². The number of hydrogen-bond acceptors (Lipinski definition) is 6. The van der Waals surface area contributed by atoms with Gasteiger partial charge in [0.15, 0.2) is 0 Å². The van der Waals surface area contributed by atoms with Crippen LogP contribution in [0.15, 0.2) is 10.6 Å². The lowest BCUT2D eigenvalue weighted by Gasteiger charge is -2.46. The summed E-state index contributed by atoms with van der Waals surface area (Å²) in [5.74, 6) is -1.94. The summed E-state index contributed by atoms with van der Waals surface area (Å²) in [7, 11) is 0. The first-order chi connectivity index (χ1) is 12.8. The van der Waals surface area contributed by atoms with Crippen molar-refractivity contribution >= 4 is 29.5 Å². The molecule has 4 aliphatic heterocycles. The van der Waals surface area contributed by atoms with Crippen LogP contribution in [0, 0.1) is 11.8 Å². The van der Waals surface area contributed by atoms with E-state index in [1.54, 1.807) is 6.92 Å². The molecular weight excluding hydrogens is 370 g/mol. The number of amides is 2. The molecule has 0 bridgehead atoms. The molecule has 4 rings (SSSR count). The minimum atomic E-state index is -1.09. The maximum atomic E-state index is 12.4. The number of carboxylic acid groups (broad SMARTS) is 1. The van der Waals surface area contributed by atoms with Crippen molar-refractivity contribution in [3.63, 3.8) is 0 Å². The minimum Gasteiger partial charge on any atom is -0.477 e. The van der Waals surface area contributed by atoms with E-state index in [-0.39, 0.29) is 46.8 Å². The third kappa shape index (κ3) is 2.96. The largest absolute Gasteiger partial charge is 0.477 e. The fourth-order valence-corrected chi connectivity index (χ4v) is 6.42. The standard InChI is InChI=1S/C18H25N3O5S/c1-7-14-13(8(2)22)17(24)21(14)15(18(25)26)16(7)27-9-5-11(19-6-9)10-3-4-12(23)20-10/h7-11,13-14,19,22H,3-6H2,1-2H3,(H,20,23)(H,25,26)/t7-,8-,9+,10?,11+,13-,14-/m1/s1. The lowest BCUT2D eigenvalue weighted by Crippen LogP contribution is -2.63. The Bertz CT molecular complexity index is 724.